The number of piperazine rings is 1. The molecule has 5 aliphatic rings. The molecular weight excluding hydrogens is 929 g/mol. The molecule has 5 fully saturated rings. The first-order chi connectivity index (χ1) is 34.7. The summed E-state index contributed by atoms with van der Waals surface area (Å²) in [5, 5.41) is 14.7. The number of fused-ring (bicyclic) bond motifs is 2. The predicted octanol–water partition coefficient (Wildman–Crippen LogP) is 8.70. The van der Waals surface area contributed by atoms with Crippen molar-refractivity contribution in [2.45, 2.75) is 120 Å². The van der Waals surface area contributed by atoms with E-state index in [1.54, 1.807) is 18.5 Å². The highest BCUT2D eigenvalue weighted by Crippen LogP contribution is 2.53. The van der Waals surface area contributed by atoms with Crippen molar-refractivity contribution < 1.29 is 27.8 Å². The van der Waals surface area contributed by atoms with E-state index in [-0.39, 0.29) is 32.8 Å². The molecule has 7 N–H and O–H groups in total. The van der Waals surface area contributed by atoms with E-state index in [1.165, 1.54) is 36.4 Å². The smallest absolute Gasteiger partial charge is 0.268 e. The summed E-state index contributed by atoms with van der Waals surface area (Å²) in [7, 11) is -4.50. The van der Waals surface area contributed by atoms with Gasteiger partial charge in [-0.3, -0.25) is 14.6 Å². The van der Waals surface area contributed by atoms with Crippen LogP contribution in [-0.4, -0.2) is 119 Å². The van der Waals surface area contributed by atoms with Gasteiger partial charge in [-0.25, -0.2) is 23.1 Å². The van der Waals surface area contributed by atoms with Gasteiger partial charge in [-0.2, -0.15) is 0 Å². The van der Waals surface area contributed by atoms with Crippen molar-refractivity contribution in [1.29, 1.82) is 0 Å². The maximum atomic E-state index is 14.3. The fraction of sp³-hybridized carbons (Fsp3) is 0.509. The number of H-pyrrole nitrogens is 2. The lowest BCUT2D eigenvalue weighted by molar-refractivity contribution is -0.0751. The lowest BCUT2D eigenvalue weighted by atomic mass is 9.59. The summed E-state index contributed by atoms with van der Waals surface area (Å²) >= 11 is 0. The first kappa shape index (κ1) is 48.5. The van der Waals surface area contributed by atoms with Gasteiger partial charge in [-0.1, -0.05) is 38.1 Å². The number of aromatic nitrogens is 4. The first-order valence-corrected chi connectivity index (χ1v) is 27.7. The molecule has 1 unspecified atom stereocenters. The summed E-state index contributed by atoms with van der Waals surface area (Å²) in [4.78, 5) is 37.1. The molecule has 382 valence electrons. The normalized spacial score (nSPS) is 23.7. The Morgan fingerprint density at radius 3 is 2.50 bits per heavy atom. The van der Waals surface area contributed by atoms with Gasteiger partial charge in [0, 0.05) is 93.9 Å². The number of amides is 1. The zero-order valence-corrected chi connectivity index (χ0v) is 42.6. The molecule has 16 nitrogen and oxygen atoms in total. The molecule has 3 aromatic carbocycles. The molecule has 72 heavy (non-hydrogen) atoms. The van der Waals surface area contributed by atoms with Crippen molar-refractivity contribution in [2.75, 3.05) is 68.4 Å². The minimum atomic E-state index is -4.50. The van der Waals surface area contributed by atoms with E-state index in [2.05, 4.69) is 82.8 Å². The van der Waals surface area contributed by atoms with E-state index in [1.807, 2.05) is 31.2 Å². The van der Waals surface area contributed by atoms with Crippen molar-refractivity contribution in [1.82, 2.24) is 34.5 Å². The number of sulfonamides is 1. The molecule has 6 heterocycles. The van der Waals surface area contributed by atoms with Crippen LogP contribution in [0.25, 0.3) is 22.1 Å². The van der Waals surface area contributed by atoms with Gasteiger partial charge < -0.3 is 40.5 Å². The molecule has 17 heteroatoms. The van der Waals surface area contributed by atoms with Gasteiger partial charge in [0.15, 0.2) is 0 Å². The first-order valence-electron chi connectivity index (χ1n) is 26.2. The second-order valence-corrected chi connectivity index (χ2v) is 23.7. The molecule has 11 rings (SSSR count). The van der Waals surface area contributed by atoms with Crippen LogP contribution in [0.5, 0.6) is 11.5 Å². The van der Waals surface area contributed by atoms with Crippen molar-refractivity contribution >= 4 is 55.1 Å². The van der Waals surface area contributed by atoms with Crippen LogP contribution in [0.4, 0.5) is 17.1 Å². The van der Waals surface area contributed by atoms with Crippen molar-refractivity contribution in [3.05, 3.63) is 96.1 Å². The highest BCUT2D eigenvalue weighted by molar-refractivity contribution is 7.90. The van der Waals surface area contributed by atoms with Crippen molar-refractivity contribution in [3.63, 3.8) is 0 Å². The second kappa shape index (κ2) is 19.6. The number of nitrogens with zero attached hydrogens (tertiary/aromatic N) is 5. The Labute approximate surface area is 422 Å². The number of carbonyl (C=O) groups is 1. The van der Waals surface area contributed by atoms with Gasteiger partial charge in [0.05, 0.1) is 40.6 Å². The molecule has 0 bridgehead atoms. The Hall–Kier alpha value is -5.72. The molecular formula is C55H70N10O6S. The Bertz CT molecular complexity index is 3030. The Kier molecular flexibility index (Phi) is 13.2. The lowest BCUT2D eigenvalue weighted by Crippen LogP contribution is -2.61. The number of ether oxygens (including phenoxy) is 2. The van der Waals surface area contributed by atoms with Crippen molar-refractivity contribution in [3.8, 4) is 11.5 Å². The van der Waals surface area contributed by atoms with Crippen LogP contribution in [0, 0.1) is 11.3 Å². The third kappa shape index (κ3) is 9.77. The molecule has 2 aliphatic carbocycles. The third-order valence-corrected chi connectivity index (χ3v) is 18.3. The van der Waals surface area contributed by atoms with Crippen LogP contribution in [0.3, 0.4) is 0 Å². The van der Waals surface area contributed by atoms with Crippen LogP contribution in [0.2, 0.25) is 0 Å². The van der Waals surface area contributed by atoms with Gasteiger partial charge in [-0.15, -0.1) is 0 Å². The number of benzene rings is 3. The number of imidazole rings is 1. The molecule has 3 saturated heterocycles. The summed E-state index contributed by atoms with van der Waals surface area (Å²) in [6, 6.07) is 21.1. The number of nitrogen functional groups attached to an aromatic ring is 1. The molecule has 6 aromatic rings. The minimum Gasteiger partial charge on any atom is -0.455 e. The van der Waals surface area contributed by atoms with Gasteiger partial charge >= 0.3 is 0 Å². The molecule has 0 radical (unpaired) electrons. The highest BCUT2D eigenvalue weighted by atomic mass is 32.2. The van der Waals surface area contributed by atoms with E-state index < -0.39 is 21.5 Å². The number of aromatic amines is 2. The lowest BCUT2D eigenvalue weighted by Gasteiger charge is -2.59. The summed E-state index contributed by atoms with van der Waals surface area (Å²) in [6.07, 6.45) is 14.7. The van der Waals surface area contributed by atoms with E-state index in [4.69, 9.17) is 15.2 Å². The molecule has 2 saturated carbocycles. The van der Waals surface area contributed by atoms with Crippen LogP contribution in [-0.2, 0) is 14.8 Å². The summed E-state index contributed by atoms with van der Waals surface area (Å²) in [5.74, 6) is 0.540. The van der Waals surface area contributed by atoms with Crippen LogP contribution >= 0.6 is 0 Å². The Balaban J connectivity index is 0.797. The largest absolute Gasteiger partial charge is 0.455 e. The number of pyridine rings is 1. The van der Waals surface area contributed by atoms with Crippen LogP contribution in [0.1, 0.15) is 118 Å². The monoisotopic (exact) mass is 999 g/mol. The minimum absolute atomic E-state index is 0.0494. The number of aliphatic hydroxyl groups is 1. The standard InChI is InChI=1S/C55H70N10O6S/c1-35(2)42-6-4-5-7-43(42)46-33-64(38-13-24-70-25-14-38)22-23-65(46)40-29-55(30-40)17-20-63(21-18-55)39-8-9-44(47(27-39)71-41-26-37-12-19-57-52(37)59-32-41)53(66)62-72(68,69)48-28-45(56)49(51-50(48)60-34-61-51)58-31-36-10-15-54(3,67)16-11-36/h4-9,12,19,26-28,32,34-36,38,40,46,58,67H,10-11,13-18,20-25,29-31,33,56H2,1-3H3,(H,57,59)(H,60,61)(H,62,66). The number of rotatable bonds is 13. The number of hydrogen-bond acceptors (Lipinski definition) is 13. The SMILES string of the molecule is CC(C)c1ccccc1C1CN(C2CCOCC2)CCN1C1CC2(CCN(c3ccc(C(=O)NS(=O)(=O)c4cc(N)c(NCC5CCC(C)(O)CC5)c5[nH]cnc45)c(Oc4cnc5[nH]ccc5c4)c3)CC2)C1. The fourth-order valence-electron chi connectivity index (χ4n) is 12.6. The van der Waals surface area contributed by atoms with Crippen LogP contribution < -0.4 is 25.4 Å². The Morgan fingerprint density at radius 2 is 1.72 bits per heavy atom. The predicted molar refractivity (Wildman–Crippen MR) is 281 cm³/mol. The quantitative estimate of drug-likeness (QED) is 0.0600. The number of nitrogens with two attached hydrogens (primary N) is 1. The molecule has 1 amide bonds. The number of anilines is 3. The average Bonchev–Trinajstić information content (AvgIpc) is 4.06. The maximum absolute atomic E-state index is 14.3. The topological polar surface area (TPSA) is 207 Å². The molecule has 1 atom stereocenters. The number of nitrogens with one attached hydrogen (secondary N) is 4. The summed E-state index contributed by atoms with van der Waals surface area (Å²) < 4.78 is 43.0. The van der Waals surface area contributed by atoms with Crippen LogP contribution in [0.15, 0.2) is 84.3 Å². The molecule has 3 aromatic heterocycles. The van der Waals surface area contributed by atoms with Gasteiger partial charge in [0.1, 0.15) is 27.6 Å². The zero-order chi connectivity index (χ0) is 49.8. The molecule has 1 spiro atoms. The zero-order valence-electron chi connectivity index (χ0n) is 41.8. The van der Waals surface area contributed by atoms with E-state index in [9.17, 15) is 18.3 Å². The van der Waals surface area contributed by atoms with E-state index in [0.717, 1.165) is 95.5 Å². The van der Waals surface area contributed by atoms with Gasteiger partial charge in [0.2, 0.25) is 0 Å². The average molecular weight is 999 g/mol. The van der Waals surface area contributed by atoms with Gasteiger partial charge in [0.25, 0.3) is 15.9 Å². The van der Waals surface area contributed by atoms with Crippen molar-refractivity contribution in [2.24, 2.45) is 11.3 Å². The number of piperidine rings is 1. The summed E-state index contributed by atoms with van der Waals surface area (Å²) in [6.45, 7) is 13.8. The fourth-order valence-corrected chi connectivity index (χ4v) is 13.8. The second-order valence-electron chi connectivity index (χ2n) is 22.0. The highest BCUT2D eigenvalue weighted by Gasteiger charge is 2.50. The number of carbonyl (C=O) groups excluding carboxylic acids is 1. The van der Waals surface area contributed by atoms with E-state index >= 15 is 0 Å². The van der Waals surface area contributed by atoms with Gasteiger partial charge in [-0.05, 0) is 130 Å². The third-order valence-electron chi connectivity index (χ3n) is 16.9. The number of hydrogen-bond donors (Lipinski definition) is 6. The Morgan fingerprint density at radius 1 is 0.944 bits per heavy atom. The molecule has 3 aliphatic heterocycles. The van der Waals surface area contributed by atoms with E-state index in [0.29, 0.717) is 71.9 Å². The maximum Gasteiger partial charge on any atom is 0.268 e. The summed E-state index contributed by atoms with van der Waals surface area (Å²) in [5.41, 5.74) is 12.1.